The number of hydrogen-bond acceptors (Lipinski definition) is 4. The molecule has 21 heavy (non-hydrogen) atoms. The lowest BCUT2D eigenvalue weighted by Crippen LogP contribution is -2.26. The van der Waals surface area contributed by atoms with Gasteiger partial charge < -0.3 is 10.5 Å². The first-order chi connectivity index (χ1) is 10.3. The lowest BCUT2D eigenvalue weighted by Gasteiger charge is -2.22. The summed E-state index contributed by atoms with van der Waals surface area (Å²) >= 11 is 1.71. The lowest BCUT2D eigenvalue weighted by atomic mass is 9.90. The molecular weight excluding hydrogens is 282 g/mol. The predicted octanol–water partition coefficient (Wildman–Crippen LogP) is 3.47. The summed E-state index contributed by atoms with van der Waals surface area (Å²) < 4.78 is 1.24. The molecule has 2 aromatic heterocycles. The summed E-state index contributed by atoms with van der Waals surface area (Å²) in [6.07, 6.45) is 4.03. The van der Waals surface area contributed by atoms with Crippen LogP contribution in [0.1, 0.15) is 24.3 Å². The fourth-order valence-corrected chi connectivity index (χ4v) is 4.23. The second kappa shape index (κ2) is 5.16. The van der Waals surface area contributed by atoms with Crippen molar-refractivity contribution in [1.29, 1.82) is 0 Å². The quantitative estimate of drug-likeness (QED) is 0.712. The summed E-state index contributed by atoms with van der Waals surface area (Å²) in [5.41, 5.74) is 2.04. The molecule has 0 atom stereocenters. The molecule has 3 heterocycles. The van der Waals surface area contributed by atoms with Gasteiger partial charge in [-0.25, -0.2) is 0 Å². The first-order valence-corrected chi connectivity index (χ1v) is 8.11. The molecule has 5 heteroatoms. The van der Waals surface area contributed by atoms with E-state index < -0.39 is 0 Å². The van der Waals surface area contributed by atoms with Crippen LogP contribution in [0.2, 0.25) is 0 Å². The zero-order valence-electron chi connectivity index (χ0n) is 11.6. The van der Waals surface area contributed by atoms with E-state index in [9.17, 15) is 5.21 Å². The highest BCUT2D eigenvalue weighted by Crippen LogP contribution is 2.39. The Labute approximate surface area is 127 Å². The molecule has 2 N–H and O–H groups in total. The van der Waals surface area contributed by atoms with Gasteiger partial charge in [-0.15, -0.1) is 21.3 Å². The predicted molar refractivity (Wildman–Crippen MR) is 85.1 cm³/mol. The van der Waals surface area contributed by atoms with E-state index in [1.165, 1.54) is 15.6 Å². The number of piperidine rings is 1. The van der Waals surface area contributed by atoms with Crippen molar-refractivity contribution in [1.82, 2.24) is 15.3 Å². The van der Waals surface area contributed by atoms with Gasteiger partial charge in [-0.3, -0.25) is 0 Å². The van der Waals surface area contributed by atoms with Crippen molar-refractivity contribution in [3.8, 4) is 10.6 Å². The molecule has 0 spiro atoms. The number of nitrogens with one attached hydrogen (secondary N) is 1. The van der Waals surface area contributed by atoms with Crippen LogP contribution in [0.3, 0.4) is 0 Å². The number of thiophene rings is 1. The fourth-order valence-electron chi connectivity index (χ4n) is 3.12. The van der Waals surface area contributed by atoms with E-state index in [2.05, 4.69) is 28.6 Å². The zero-order valence-corrected chi connectivity index (χ0v) is 12.4. The van der Waals surface area contributed by atoms with Crippen molar-refractivity contribution in [3.05, 3.63) is 42.1 Å². The summed E-state index contributed by atoms with van der Waals surface area (Å²) in [5, 5.41) is 18.8. The van der Waals surface area contributed by atoms with E-state index in [1.54, 1.807) is 11.3 Å². The Morgan fingerprint density at radius 1 is 1.24 bits per heavy atom. The normalized spacial score (nSPS) is 16.6. The van der Waals surface area contributed by atoms with Crippen LogP contribution in [0.25, 0.3) is 20.7 Å². The van der Waals surface area contributed by atoms with E-state index in [-0.39, 0.29) is 0 Å². The minimum atomic E-state index is 0.479. The van der Waals surface area contributed by atoms with Gasteiger partial charge in [0.25, 0.3) is 0 Å². The molecule has 0 radical (unpaired) electrons. The smallest absolute Gasteiger partial charge is 0.123 e. The monoisotopic (exact) mass is 299 g/mol. The van der Waals surface area contributed by atoms with Crippen LogP contribution in [-0.2, 0) is 0 Å². The number of aromatic nitrogens is 2. The minimum absolute atomic E-state index is 0.479. The van der Waals surface area contributed by atoms with Gasteiger partial charge in [-0.2, -0.15) is 0 Å². The van der Waals surface area contributed by atoms with Crippen molar-refractivity contribution in [2.24, 2.45) is 0 Å². The molecule has 0 unspecified atom stereocenters. The topological polar surface area (TPSA) is 50.1 Å². The molecule has 1 saturated heterocycles. The summed E-state index contributed by atoms with van der Waals surface area (Å²) in [7, 11) is 0. The first kappa shape index (κ1) is 12.9. The van der Waals surface area contributed by atoms with Gasteiger partial charge in [0.15, 0.2) is 0 Å². The number of benzene rings is 1. The van der Waals surface area contributed by atoms with Gasteiger partial charge in [0.1, 0.15) is 5.69 Å². The van der Waals surface area contributed by atoms with E-state index in [1.807, 2.05) is 18.3 Å². The Hall–Kier alpha value is -1.85. The van der Waals surface area contributed by atoms with Gasteiger partial charge in [0.2, 0.25) is 0 Å². The maximum atomic E-state index is 10.1. The van der Waals surface area contributed by atoms with Crippen LogP contribution in [-0.4, -0.2) is 28.2 Å². The molecule has 3 aromatic rings. The molecule has 1 aromatic carbocycles. The van der Waals surface area contributed by atoms with Crippen LogP contribution in [0.5, 0.6) is 0 Å². The molecule has 1 fully saturated rings. The number of fused-ring (bicyclic) bond motifs is 1. The Balaban J connectivity index is 1.81. The fraction of sp³-hybridized carbons (Fsp3) is 0.312. The van der Waals surface area contributed by atoms with Gasteiger partial charge in [-0.05, 0) is 49.4 Å². The van der Waals surface area contributed by atoms with Gasteiger partial charge in [0.05, 0.1) is 11.1 Å². The molecular formula is C16H17N3OS. The highest BCUT2D eigenvalue weighted by Gasteiger charge is 2.24. The van der Waals surface area contributed by atoms with Crippen LogP contribution in [0.4, 0.5) is 0 Å². The SMILES string of the molecule is On1ncc(C2CCNCC2)c1-c1cc2ccccc2s1. The van der Waals surface area contributed by atoms with Crippen molar-refractivity contribution in [2.75, 3.05) is 13.1 Å². The van der Waals surface area contributed by atoms with Gasteiger partial charge in [-0.1, -0.05) is 18.2 Å². The van der Waals surface area contributed by atoms with Crippen molar-refractivity contribution in [2.45, 2.75) is 18.8 Å². The highest BCUT2D eigenvalue weighted by molar-refractivity contribution is 7.22. The maximum Gasteiger partial charge on any atom is 0.123 e. The molecule has 4 nitrogen and oxygen atoms in total. The van der Waals surface area contributed by atoms with Crippen molar-refractivity contribution < 1.29 is 5.21 Å². The Morgan fingerprint density at radius 2 is 2.05 bits per heavy atom. The molecule has 1 aliphatic heterocycles. The van der Waals surface area contributed by atoms with Crippen molar-refractivity contribution >= 4 is 21.4 Å². The second-order valence-corrected chi connectivity index (χ2v) is 6.59. The lowest BCUT2D eigenvalue weighted by molar-refractivity contribution is 0.153. The number of hydrogen-bond donors (Lipinski definition) is 2. The van der Waals surface area contributed by atoms with Gasteiger partial charge in [0, 0.05) is 10.3 Å². The van der Waals surface area contributed by atoms with E-state index >= 15 is 0 Å². The first-order valence-electron chi connectivity index (χ1n) is 7.30. The van der Waals surface area contributed by atoms with E-state index in [0.29, 0.717) is 5.92 Å². The largest absolute Gasteiger partial charge is 0.411 e. The minimum Gasteiger partial charge on any atom is -0.411 e. The molecule has 4 rings (SSSR count). The third-order valence-electron chi connectivity index (χ3n) is 4.22. The van der Waals surface area contributed by atoms with E-state index in [0.717, 1.165) is 41.3 Å². The Bertz CT molecular complexity index is 738. The highest BCUT2D eigenvalue weighted by atomic mass is 32.1. The molecule has 1 aliphatic rings. The summed E-state index contributed by atoms with van der Waals surface area (Å²) in [5.74, 6) is 0.479. The van der Waals surface area contributed by atoms with Crippen LogP contribution in [0.15, 0.2) is 36.5 Å². The van der Waals surface area contributed by atoms with Crippen LogP contribution >= 0.6 is 11.3 Å². The maximum absolute atomic E-state index is 10.1. The third-order valence-corrected chi connectivity index (χ3v) is 5.34. The summed E-state index contributed by atoms with van der Waals surface area (Å²) in [4.78, 5) is 2.13. The molecule has 0 amide bonds. The standard InChI is InChI=1S/C16H17N3OS/c20-19-16(13(10-18-19)11-5-7-17-8-6-11)15-9-12-3-1-2-4-14(12)21-15/h1-4,9-11,17,20H,5-8H2. The molecule has 0 saturated carbocycles. The summed E-state index contributed by atoms with van der Waals surface area (Å²) in [6, 6.07) is 10.5. The Morgan fingerprint density at radius 3 is 2.86 bits per heavy atom. The van der Waals surface area contributed by atoms with Gasteiger partial charge >= 0.3 is 0 Å². The Kier molecular flexibility index (Phi) is 3.16. The van der Waals surface area contributed by atoms with Crippen LogP contribution in [0, 0.1) is 0 Å². The van der Waals surface area contributed by atoms with Crippen LogP contribution < -0.4 is 5.32 Å². The average Bonchev–Trinajstić information content (AvgIpc) is 3.11. The third kappa shape index (κ3) is 2.22. The average molecular weight is 299 g/mol. The molecule has 0 aliphatic carbocycles. The number of nitrogens with zero attached hydrogens (tertiary/aromatic N) is 2. The van der Waals surface area contributed by atoms with Crippen molar-refractivity contribution in [3.63, 3.8) is 0 Å². The molecule has 108 valence electrons. The second-order valence-electron chi connectivity index (χ2n) is 5.51. The summed E-state index contributed by atoms with van der Waals surface area (Å²) in [6.45, 7) is 2.07. The number of rotatable bonds is 2. The molecule has 0 bridgehead atoms. The zero-order chi connectivity index (χ0) is 14.2. The van der Waals surface area contributed by atoms with E-state index in [4.69, 9.17) is 0 Å².